The Bertz CT molecular complexity index is 547. The second kappa shape index (κ2) is 8.36. The van der Waals surface area contributed by atoms with Crippen molar-refractivity contribution in [3.8, 4) is 5.75 Å². The third-order valence-electron chi connectivity index (χ3n) is 2.94. The maximum Gasteiger partial charge on any atom is 0.267 e. The fraction of sp³-hybridized carbons (Fsp3) is 0.429. The van der Waals surface area contributed by atoms with Crippen LogP contribution >= 0.6 is 28.3 Å². The molecular formula is C14H19BrClN3O2. The van der Waals surface area contributed by atoms with Crippen LogP contribution in [0.3, 0.4) is 0 Å². The first-order valence-corrected chi connectivity index (χ1v) is 7.29. The van der Waals surface area contributed by atoms with Gasteiger partial charge in [0.1, 0.15) is 5.75 Å². The summed E-state index contributed by atoms with van der Waals surface area (Å²) in [5.41, 5.74) is 0. The Morgan fingerprint density at radius 2 is 1.95 bits per heavy atom. The highest BCUT2D eigenvalue weighted by Crippen LogP contribution is 2.22. The molecule has 2 unspecified atom stereocenters. The number of hydrogen-bond donors (Lipinski definition) is 1. The summed E-state index contributed by atoms with van der Waals surface area (Å²) in [6.45, 7) is 3.96. The van der Waals surface area contributed by atoms with E-state index >= 15 is 0 Å². The van der Waals surface area contributed by atoms with Gasteiger partial charge in [0.05, 0.1) is 0 Å². The molecule has 2 atom stereocenters. The molecule has 0 fully saturated rings. The van der Waals surface area contributed by atoms with Crippen LogP contribution in [0.2, 0.25) is 0 Å². The number of aromatic nitrogens is 2. The summed E-state index contributed by atoms with van der Waals surface area (Å²) >= 11 is 3.39. The molecular weight excluding hydrogens is 358 g/mol. The predicted molar refractivity (Wildman–Crippen MR) is 87.0 cm³/mol. The molecule has 0 aliphatic heterocycles. The molecule has 2 rings (SSSR count). The molecule has 0 amide bonds. The number of nitrogens with one attached hydrogen (secondary N) is 1. The molecule has 0 aliphatic carbocycles. The number of rotatable bonds is 6. The number of hydrogen-bond acceptors (Lipinski definition) is 5. The van der Waals surface area contributed by atoms with Crippen molar-refractivity contribution in [1.82, 2.24) is 15.5 Å². The summed E-state index contributed by atoms with van der Waals surface area (Å²) < 4.78 is 12.0. The lowest BCUT2D eigenvalue weighted by Gasteiger charge is -2.10. The zero-order chi connectivity index (χ0) is 14.5. The molecule has 0 saturated heterocycles. The van der Waals surface area contributed by atoms with E-state index in [1.165, 1.54) is 0 Å². The lowest BCUT2D eigenvalue weighted by Crippen LogP contribution is -2.24. The molecule has 116 valence electrons. The maximum atomic E-state index is 5.77. The van der Waals surface area contributed by atoms with Crippen LogP contribution < -0.4 is 10.1 Å². The van der Waals surface area contributed by atoms with Gasteiger partial charge in [-0.05, 0) is 45.2 Å². The molecule has 1 heterocycles. The van der Waals surface area contributed by atoms with Crippen molar-refractivity contribution >= 4 is 28.3 Å². The Morgan fingerprint density at radius 1 is 1.29 bits per heavy atom. The Morgan fingerprint density at radius 3 is 2.57 bits per heavy atom. The summed E-state index contributed by atoms with van der Waals surface area (Å²) in [5, 5.41) is 7.11. The third kappa shape index (κ3) is 5.30. The van der Waals surface area contributed by atoms with E-state index in [0.717, 1.165) is 16.6 Å². The summed E-state index contributed by atoms with van der Waals surface area (Å²) in [6.07, 6.45) is 0.452. The summed E-state index contributed by atoms with van der Waals surface area (Å²) in [6, 6.07) is 7.94. The highest BCUT2D eigenvalue weighted by atomic mass is 79.9. The van der Waals surface area contributed by atoms with E-state index in [1.54, 1.807) is 0 Å². The lowest BCUT2D eigenvalue weighted by molar-refractivity contribution is 0.175. The van der Waals surface area contributed by atoms with Crippen molar-refractivity contribution in [3.05, 3.63) is 40.5 Å². The highest BCUT2D eigenvalue weighted by molar-refractivity contribution is 9.10. The Kier molecular flexibility index (Phi) is 7.14. The van der Waals surface area contributed by atoms with E-state index in [-0.39, 0.29) is 18.5 Å². The number of likely N-dealkylation sites (N-methyl/N-ethyl adjacent to an activating group) is 1. The third-order valence-corrected chi connectivity index (χ3v) is 3.47. The van der Waals surface area contributed by atoms with Crippen LogP contribution in [0, 0.1) is 0 Å². The van der Waals surface area contributed by atoms with E-state index in [0.29, 0.717) is 17.8 Å². The Balaban J connectivity index is 0.00000220. The molecule has 0 radical (unpaired) electrons. The van der Waals surface area contributed by atoms with Gasteiger partial charge in [-0.25, -0.2) is 0 Å². The van der Waals surface area contributed by atoms with Gasteiger partial charge in [-0.2, -0.15) is 4.98 Å². The van der Waals surface area contributed by atoms with E-state index in [4.69, 9.17) is 9.26 Å². The standard InChI is InChI=1S/C14H18BrN3O2.ClH/c1-9(16-3)8-13-17-14(20-18-13)10(2)19-12-6-4-11(15)5-7-12;/h4-7,9-10,16H,8H2,1-3H3;1H. The van der Waals surface area contributed by atoms with Gasteiger partial charge >= 0.3 is 0 Å². The van der Waals surface area contributed by atoms with Crippen LogP contribution in [-0.4, -0.2) is 23.2 Å². The minimum atomic E-state index is -0.276. The highest BCUT2D eigenvalue weighted by Gasteiger charge is 2.16. The van der Waals surface area contributed by atoms with Crippen LogP contribution in [0.4, 0.5) is 0 Å². The van der Waals surface area contributed by atoms with Gasteiger partial charge in [-0.1, -0.05) is 21.1 Å². The van der Waals surface area contributed by atoms with Crippen molar-refractivity contribution in [2.45, 2.75) is 32.4 Å². The van der Waals surface area contributed by atoms with Crippen LogP contribution in [0.5, 0.6) is 5.75 Å². The predicted octanol–water partition coefficient (Wildman–Crippen LogP) is 3.54. The molecule has 1 aromatic carbocycles. The topological polar surface area (TPSA) is 60.2 Å². The first kappa shape index (κ1) is 17.9. The van der Waals surface area contributed by atoms with Gasteiger partial charge in [0, 0.05) is 16.9 Å². The number of ether oxygens (including phenoxy) is 1. The van der Waals surface area contributed by atoms with Crippen LogP contribution in [0.25, 0.3) is 0 Å². The van der Waals surface area contributed by atoms with Crippen LogP contribution in [0.15, 0.2) is 33.3 Å². The summed E-state index contributed by atoms with van der Waals surface area (Å²) in [5.74, 6) is 1.95. The van der Waals surface area contributed by atoms with Crippen molar-refractivity contribution in [1.29, 1.82) is 0 Å². The molecule has 2 aromatic rings. The monoisotopic (exact) mass is 375 g/mol. The minimum Gasteiger partial charge on any atom is -0.481 e. The molecule has 7 heteroatoms. The second-order valence-electron chi connectivity index (χ2n) is 4.66. The quantitative estimate of drug-likeness (QED) is 0.835. The molecule has 0 spiro atoms. The van der Waals surface area contributed by atoms with Crippen LogP contribution in [0.1, 0.15) is 31.7 Å². The average Bonchev–Trinajstić information content (AvgIpc) is 2.89. The maximum absolute atomic E-state index is 5.77. The van der Waals surface area contributed by atoms with Gasteiger partial charge in [-0.3, -0.25) is 0 Å². The zero-order valence-corrected chi connectivity index (χ0v) is 14.6. The van der Waals surface area contributed by atoms with Gasteiger partial charge in [0.15, 0.2) is 11.9 Å². The molecule has 0 bridgehead atoms. The normalized spacial score (nSPS) is 13.3. The van der Waals surface area contributed by atoms with E-state index in [9.17, 15) is 0 Å². The van der Waals surface area contributed by atoms with Crippen LogP contribution in [-0.2, 0) is 6.42 Å². The van der Waals surface area contributed by atoms with Crippen molar-refractivity contribution in [3.63, 3.8) is 0 Å². The molecule has 0 aliphatic rings. The first-order chi connectivity index (χ1) is 9.58. The molecule has 1 aromatic heterocycles. The average molecular weight is 377 g/mol. The van der Waals surface area contributed by atoms with Crippen molar-refractivity contribution in [2.75, 3.05) is 7.05 Å². The SMILES string of the molecule is CNC(C)Cc1noc(C(C)Oc2ccc(Br)cc2)n1.Cl. The minimum absolute atomic E-state index is 0. The zero-order valence-electron chi connectivity index (χ0n) is 12.2. The van der Waals surface area contributed by atoms with E-state index < -0.39 is 0 Å². The lowest BCUT2D eigenvalue weighted by atomic mass is 10.2. The van der Waals surface area contributed by atoms with Gasteiger partial charge in [-0.15, -0.1) is 12.4 Å². The summed E-state index contributed by atoms with van der Waals surface area (Å²) in [4.78, 5) is 4.36. The molecule has 0 saturated carbocycles. The molecule has 5 nitrogen and oxygen atoms in total. The first-order valence-electron chi connectivity index (χ1n) is 6.50. The van der Waals surface area contributed by atoms with E-state index in [1.807, 2.05) is 38.2 Å². The van der Waals surface area contributed by atoms with Crippen molar-refractivity contribution < 1.29 is 9.26 Å². The molecule has 1 N–H and O–H groups in total. The summed E-state index contributed by atoms with van der Waals surface area (Å²) in [7, 11) is 1.91. The Hall–Kier alpha value is -1.11. The van der Waals surface area contributed by atoms with Gasteiger partial charge in [0.2, 0.25) is 0 Å². The fourth-order valence-electron chi connectivity index (χ4n) is 1.66. The fourth-order valence-corrected chi connectivity index (χ4v) is 1.92. The smallest absolute Gasteiger partial charge is 0.267 e. The van der Waals surface area contributed by atoms with Gasteiger partial charge in [0.25, 0.3) is 5.89 Å². The molecule has 21 heavy (non-hydrogen) atoms. The van der Waals surface area contributed by atoms with E-state index in [2.05, 4.69) is 38.3 Å². The van der Waals surface area contributed by atoms with Gasteiger partial charge < -0.3 is 14.6 Å². The number of nitrogens with zero attached hydrogens (tertiary/aromatic N) is 2. The largest absolute Gasteiger partial charge is 0.481 e. The number of halogens is 2. The second-order valence-corrected chi connectivity index (χ2v) is 5.57. The Labute approximate surface area is 139 Å². The van der Waals surface area contributed by atoms with Crippen molar-refractivity contribution in [2.24, 2.45) is 0 Å². The number of benzene rings is 1.